The van der Waals surface area contributed by atoms with Crippen LogP contribution >= 0.6 is 11.8 Å². The minimum atomic E-state index is -0.190. The molecule has 2 aromatic carbocycles. The van der Waals surface area contributed by atoms with Gasteiger partial charge in [0, 0.05) is 54.2 Å². The van der Waals surface area contributed by atoms with Crippen molar-refractivity contribution in [2.75, 3.05) is 26.0 Å². The standard InChI is InChI=1S/C34H39NO2S/c1-21-7-10-25-17-28-32-11-12-34(36-2,26(18-32)20-38-27-15-23-5-3-4-6-24(23)16-27)31-33(32,29(25)30(21)37-31)13-14-35(28)19-22-8-9-22/h3-7,10,15,22,26,28,31H,8-9,11-14,16-20H2,1-2H3/t26-,28-,31-,32-,33+,34-/m1/s1. The van der Waals surface area contributed by atoms with Crippen LogP contribution < -0.4 is 4.74 Å². The van der Waals surface area contributed by atoms with E-state index < -0.39 is 0 Å². The van der Waals surface area contributed by atoms with E-state index in [-0.39, 0.29) is 17.1 Å². The summed E-state index contributed by atoms with van der Waals surface area (Å²) < 4.78 is 14.0. The summed E-state index contributed by atoms with van der Waals surface area (Å²) in [5.74, 6) is 3.84. The van der Waals surface area contributed by atoms with Crippen molar-refractivity contribution >= 4 is 17.8 Å². The van der Waals surface area contributed by atoms with Crippen molar-refractivity contribution < 1.29 is 9.47 Å². The molecular weight excluding hydrogens is 486 g/mol. The van der Waals surface area contributed by atoms with Gasteiger partial charge < -0.3 is 9.47 Å². The number of aryl methyl sites for hydroxylation is 1. The number of likely N-dealkylation sites (tertiary alicyclic amines) is 1. The van der Waals surface area contributed by atoms with Crippen molar-refractivity contribution in [1.29, 1.82) is 0 Å². The lowest BCUT2D eigenvalue weighted by molar-refractivity contribution is -0.273. The monoisotopic (exact) mass is 525 g/mol. The number of rotatable bonds is 6. The Kier molecular flexibility index (Phi) is 4.67. The summed E-state index contributed by atoms with van der Waals surface area (Å²) >= 11 is 2.11. The molecule has 10 rings (SSSR count). The van der Waals surface area contributed by atoms with Gasteiger partial charge in [-0.3, -0.25) is 4.90 Å². The average molecular weight is 526 g/mol. The van der Waals surface area contributed by atoms with Crippen molar-refractivity contribution in [1.82, 2.24) is 4.90 Å². The Labute approximate surface area is 231 Å². The fraction of sp³-hybridized carbons (Fsp3) is 0.588. The van der Waals surface area contributed by atoms with Crippen LogP contribution in [0.2, 0.25) is 0 Å². The highest BCUT2D eigenvalue weighted by Crippen LogP contribution is 2.76. The normalized spacial score (nSPS) is 39.5. The van der Waals surface area contributed by atoms with Gasteiger partial charge in [-0.05, 0) is 97.6 Å². The van der Waals surface area contributed by atoms with Crippen LogP contribution in [0, 0.1) is 24.2 Å². The van der Waals surface area contributed by atoms with Gasteiger partial charge in [0.15, 0.2) is 0 Å². The Morgan fingerprint density at radius 3 is 2.82 bits per heavy atom. The Morgan fingerprint density at radius 1 is 1.08 bits per heavy atom. The Hall–Kier alpha value is -1.75. The molecule has 6 atom stereocenters. The van der Waals surface area contributed by atoms with Crippen molar-refractivity contribution in [2.45, 2.75) is 81.5 Å². The van der Waals surface area contributed by atoms with Gasteiger partial charge >= 0.3 is 0 Å². The molecule has 2 aromatic rings. The molecule has 198 valence electrons. The molecule has 3 nitrogen and oxygen atoms in total. The highest BCUT2D eigenvalue weighted by molar-refractivity contribution is 8.03. The molecule has 2 spiro atoms. The summed E-state index contributed by atoms with van der Waals surface area (Å²) in [5.41, 5.74) is 7.68. The average Bonchev–Trinajstić information content (AvgIpc) is 3.53. The predicted molar refractivity (Wildman–Crippen MR) is 154 cm³/mol. The zero-order valence-corrected chi connectivity index (χ0v) is 23.6. The number of fused-ring (bicyclic) bond motifs is 3. The second-order valence-corrected chi connectivity index (χ2v) is 14.8. The van der Waals surface area contributed by atoms with E-state index in [0.717, 1.165) is 24.5 Å². The van der Waals surface area contributed by atoms with E-state index in [2.05, 4.69) is 66.1 Å². The molecule has 4 saturated carbocycles. The van der Waals surface area contributed by atoms with Crippen LogP contribution in [0.25, 0.3) is 6.08 Å². The van der Waals surface area contributed by atoms with Gasteiger partial charge in [0.2, 0.25) is 0 Å². The number of methoxy groups -OCH3 is 1. The second kappa shape index (κ2) is 7.71. The van der Waals surface area contributed by atoms with Gasteiger partial charge in [-0.25, -0.2) is 0 Å². The molecule has 2 heterocycles. The fourth-order valence-corrected chi connectivity index (χ4v) is 11.7. The van der Waals surface area contributed by atoms with E-state index in [4.69, 9.17) is 9.47 Å². The molecule has 0 N–H and O–H groups in total. The summed E-state index contributed by atoms with van der Waals surface area (Å²) in [6.45, 7) is 4.82. The van der Waals surface area contributed by atoms with Gasteiger partial charge in [0.25, 0.3) is 0 Å². The molecule has 0 amide bonds. The Morgan fingerprint density at radius 2 is 1.97 bits per heavy atom. The Balaban J connectivity index is 1.13. The maximum Gasteiger partial charge on any atom is 0.138 e. The van der Waals surface area contributed by atoms with Crippen molar-refractivity contribution in [3.05, 3.63) is 69.1 Å². The molecule has 0 aromatic heterocycles. The zero-order chi connectivity index (χ0) is 25.3. The highest BCUT2D eigenvalue weighted by Gasteiger charge is 2.80. The third-order valence-electron chi connectivity index (χ3n) is 12.2. The van der Waals surface area contributed by atoms with E-state index in [0.29, 0.717) is 17.4 Å². The maximum absolute atomic E-state index is 7.25. The van der Waals surface area contributed by atoms with E-state index >= 15 is 0 Å². The lowest BCUT2D eigenvalue weighted by atomic mass is 9.35. The molecule has 4 heteroatoms. The van der Waals surface area contributed by atoms with Crippen LogP contribution in [0.15, 0.2) is 41.3 Å². The molecule has 8 aliphatic rings. The maximum atomic E-state index is 7.25. The quantitative estimate of drug-likeness (QED) is 0.426. The fourth-order valence-electron chi connectivity index (χ4n) is 10.4. The number of allylic oxidation sites excluding steroid dienone is 1. The minimum absolute atomic E-state index is 0.130. The molecule has 1 saturated heterocycles. The number of benzene rings is 2. The van der Waals surface area contributed by atoms with E-state index in [1.54, 1.807) is 11.1 Å². The first-order valence-electron chi connectivity index (χ1n) is 15.1. The van der Waals surface area contributed by atoms with Crippen molar-refractivity contribution in [3.63, 3.8) is 0 Å². The first-order valence-corrected chi connectivity index (χ1v) is 16.1. The Bertz CT molecular complexity index is 1380. The summed E-state index contributed by atoms with van der Waals surface area (Å²) in [6, 6.07) is 14.4. The largest absolute Gasteiger partial charge is 0.486 e. The van der Waals surface area contributed by atoms with Gasteiger partial charge in [0.1, 0.15) is 17.5 Å². The molecule has 0 radical (unpaired) electrons. The van der Waals surface area contributed by atoms with Gasteiger partial charge in [-0.1, -0.05) is 36.4 Å². The van der Waals surface area contributed by atoms with E-state index in [1.165, 1.54) is 79.0 Å². The van der Waals surface area contributed by atoms with Gasteiger partial charge in [-0.2, -0.15) is 0 Å². The summed E-state index contributed by atoms with van der Waals surface area (Å²) in [4.78, 5) is 4.49. The number of hydrogen-bond acceptors (Lipinski definition) is 4. The number of hydrogen-bond donors (Lipinski definition) is 0. The zero-order valence-electron chi connectivity index (χ0n) is 22.8. The summed E-state index contributed by atoms with van der Waals surface area (Å²) in [5, 5.41) is 0. The topological polar surface area (TPSA) is 21.7 Å². The minimum Gasteiger partial charge on any atom is -0.486 e. The number of ether oxygens (including phenoxy) is 2. The number of thioether (sulfide) groups is 1. The lowest BCUT2D eigenvalue weighted by Crippen LogP contribution is -2.81. The predicted octanol–water partition coefficient (Wildman–Crippen LogP) is 6.55. The van der Waals surface area contributed by atoms with E-state index in [9.17, 15) is 0 Å². The second-order valence-electron chi connectivity index (χ2n) is 13.6. The van der Waals surface area contributed by atoms with Crippen LogP contribution in [0.3, 0.4) is 0 Å². The lowest BCUT2D eigenvalue weighted by Gasteiger charge is -2.74. The highest BCUT2D eigenvalue weighted by atomic mass is 32.2. The summed E-state index contributed by atoms with van der Waals surface area (Å²) in [7, 11) is 2.00. The van der Waals surface area contributed by atoms with Crippen molar-refractivity contribution in [2.24, 2.45) is 17.3 Å². The van der Waals surface area contributed by atoms with Crippen molar-refractivity contribution in [3.8, 4) is 5.75 Å². The van der Waals surface area contributed by atoms with Gasteiger partial charge in [-0.15, -0.1) is 11.8 Å². The SMILES string of the molecule is CO[C@]12CC[C@@]3(C[C@@H]1CSC1=Cc4ccccc4C1)[C@H]1Cc4ccc(C)c5c4[C@@]3(CCN1CC1CC1)[C@H]2O5. The molecule has 0 unspecified atom stereocenters. The smallest absolute Gasteiger partial charge is 0.138 e. The van der Waals surface area contributed by atoms with Crippen LogP contribution in [0.1, 0.15) is 66.3 Å². The van der Waals surface area contributed by atoms with Crippen LogP contribution in [0.5, 0.6) is 5.75 Å². The van der Waals surface area contributed by atoms with Crippen LogP contribution in [-0.4, -0.2) is 48.6 Å². The number of nitrogens with zero attached hydrogens (tertiary/aromatic N) is 1. The number of piperidine rings is 1. The first-order chi connectivity index (χ1) is 18.6. The van der Waals surface area contributed by atoms with E-state index in [1.807, 2.05) is 7.11 Å². The van der Waals surface area contributed by atoms with Crippen LogP contribution in [-0.2, 0) is 23.0 Å². The molecule has 5 fully saturated rings. The molecule has 6 aliphatic carbocycles. The third-order valence-corrected chi connectivity index (χ3v) is 13.4. The molecule has 4 bridgehead atoms. The van der Waals surface area contributed by atoms with Gasteiger partial charge in [0.05, 0.1) is 0 Å². The molecule has 2 aliphatic heterocycles. The first kappa shape index (κ1) is 23.0. The molecule has 38 heavy (non-hydrogen) atoms. The summed E-state index contributed by atoms with van der Waals surface area (Å²) in [6.07, 6.45) is 12.8. The van der Waals surface area contributed by atoms with Crippen LogP contribution in [0.4, 0.5) is 0 Å². The third kappa shape index (κ3) is 2.71. The molecular formula is C34H39NO2S.